The SMILES string of the molecule is CC[C@@H](C)N(C(=O)Cc1ccn(C)n1)[C@@H](C)CC. The van der Waals surface area contributed by atoms with Crippen molar-refractivity contribution in [1.82, 2.24) is 14.7 Å². The number of hydrogen-bond donors (Lipinski definition) is 0. The third-order valence-corrected chi connectivity index (χ3v) is 3.52. The first-order valence-corrected chi connectivity index (χ1v) is 6.79. The summed E-state index contributed by atoms with van der Waals surface area (Å²) in [5.41, 5.74) is 0.846. The largest absolute Gasteiger partial charge is 0.337 e. The van der Waals surface area contributed by atoms with Crippen LogP contribution in [-0.2, 0) is 18.3 Å². The lowest BCUT2D eigenvalue weighted by Crippen LogP contribution is -2.45. The number of carbonyl (C=O) groups excluding carboxylic acids is 1. The van der Waals surface area contributed by atoms with Gasteiger partial charge in [-0.15, -0.1) is 0 Å². The first-order chi connectivity index (χ1) is 8.49. The molecule has 0 fully saturated rings. The average Bonchev–Trinajstić information content (AvgIpc) is 2.74. The molecule has 0 radical (unpaired) electrons. The average molecular weight is 251 g/mol. The second-order valence-corrected chi connectivity index (χ2v) is 4.97. The topological polar surface area (TPSA) is 38.1 Å². The molecule has 0 aliphatic heterocycles. The number of aromatic nitrogens is 2. The van der Waals surface area contributed by atoms with Crippen LogP contribution in [0.4, 0.5) is 0 Å². The van der Waals surface area contributed by atoms with E-state index in [-0.39, 0.29) is 18.0 Å². The van der Waals surface area contributed by atoms with Crippen molar-refractivity contribution in [2.45, 2.75) is 59.0 Å². The van der Waals surface area contributed by atoms with Gasteiger partial charge in [-0.05, 0) is 32.8 Å². The highest BCUT2D eigenvalue weighted by atomic mass is 16.2. The minimum atomic E-state index is 0.178. The van der Waals surface area contributed by atoms with E-state index < -0.39 is 0 Å². The van der Waals surface area contributed by atoms with Crippen LogP contribution in [0.3, 0.4) is 0 Å². The quantitative estimate of drug-likeness (QED) is 0.778. The van der Waals surface area contributed by atoms with Crippen molar-refractivity contribution in [3.8, 4) is 0 Å². The summed E-state index contributed by atoms with van der Waals surface area (Å²) in [5.74, 6) is 0.178. The van der Waals surface area contributed by atoms with Crippen LogP contribution in [0.5, 0.6) is 0 Å². The van der Waals surface area contributed by atoms with Gasteiger partial charge in [0, 0.05) is 25.3 Å². The Hall–Kier alpha value is -1.32. The molecule has 0 aliphatic rings. The van der Waals surface area contributed by atoms with Crippen molar-refractivity contribution in [2.75, 3.05) is 0 Å². The monoisotopic (exact) mass is 251 g/mol. The highest BCUT2D eigenvalue weighted by molar-refractivity contribution is 5.78. The van der Waals surface area contributed by atoms with Gasteiger partial charge < -0.3 is 4.90 Å². The van der Waals surface area contributed by atoms with Crippen LogP contribution in [0.2, 0.25) is 0 Å². The molecule has 0 aliphatic carbocycles. The Balaban J connectivity index is 2.76. The molecule has 1 aromatic heterocycles. The first kappa shape index (κ1) is 14.7. The summed E-state index contributed by atoms with van der Waals surface area (Å²) in [6.07, 6.45) is 4.24. The van der Waals surface area contributed by atoms with E-state index in [1.165, 1.54) is 0 Å². The van der Waals surface area contributed by atoms with Gasteiger partial charge in [-0.2, -0.15) is 5.10 Å². The minimum Gasteiger partial charge on any atom is -0.337 e. The second kappa shape index (κ2) is 6.57. The molecule has 0 bridgehead atoms. The van der Waals surface area contributed by atoms with E-state index in [1.54, 1.807) is 4.68 Å². The normalized spacial score (nSPS) is 14.3. The molecule has 0 saturated heterocycles. The fraction of sp³-hybridized carbons (Fsp3) is 0.714. The Morgan fingerprint density at radius 3 is 2.28 bits per heavy atom. The highest BCUT2D eigenvalue weighted by Crippen LogP contribution is 2.14. The van der Waals surface area contributed by atoms with Crippen molar-refractivity contribution < 1.29 is 4.79 Å². The van der Waals surface area contributed by atoms with Gasteiger partial charge in [0.1, 0.15) is 0 Å². The lowest BCUT2D eigenvalue weighted by atomic mass is 10.1. The molecule has 4 nitrogen and oxygen atoms in total. The van der Waals surface area contributed by atoms with Crippen molar-refractivity contribution in [3.05, 3.63) is 18.0 Å². The number of carbonyl (C=O) groups is 1. The van der Waals surface area contributed by atoms with E-state index in [2.05, 4.69) is 32.8 Å². The van der Waals surface area contributed by atoms with E-state index in [0.29, 0.717) is 6.42 Å². The number of rotatable bonds is 6. The third kappa shape index (κ3) is 3.59. The van der Waals surface area contributed by atoms with Gasteiger partial charge in [0.15, 0.2) is 0 Å². The molecule has 1 rings (SSSR count). The van der Waals surface area contributed by atoms with Gasteiger partial charge >= 0.3 is 0 Å². The molecular weight excluding hydrogens is 226 g/mol. The maximum atomic E-state index is 12.4. The second-order valence-electron chi connectivity index (χ2n) is 4.97. The molecule has 0 N–H and O–H groups in total. The molecule has 0 aromatic carbocycles. The Morgan fingerprint density at radius 1 is 1.33 bits per heavy atom. The van der Waals surface area contributed by atoms with Crippen molar-refractivity contribution >= 4 is 5.91 Å². The van der Waals surface area contributed by atoms with Crippen LogP contribution in [0.1, 0.15) is 46.2 Å². The van der Waals surface area contributed by atoms with Gasteiger partial charge in [-0.1, -0.05) is 13.8 Å². The zero-order valence-electron chi connectivity index (χ0n) is 12.2. The summed E-state index contributed by atoms with van der Waals surface area (Å²) in [7, 11) is 1.87. The van der Waals surface area contributed by atoms with Crippen LogP contribution in [0.25, 0.3) is 0 Å². The van der Waals surface area contributed by atoms with Crippen LogP contribution < -0.4 is 0 Å². The Morgan fingerprint density at radius 2 is 1.89 bits per heavy atom. The Kier molecular flexibility index (Phi) is 5.38. The summed E-state index contributed by atoms with van der Waals surface area (Å²) in [6, 6.07) is 2.48. The molecule has 1 heterocycles. The lowest BCUT2D eigenvalue weighted by Gasteiger charge is -2.34. The minimum absolute atomic E-state index is 0.178. The molecule has 1 amide bonds. The molecule has 0 unspecified atom stereocenters. The summed E-state index contributed by atoms with van der Waals surface area (Å²) >= 11 is 0. The highest BCUT2D eigenvalue weighted by Gasteiger charge is 2.23. The number of aryl methyl sites for hydroxylation is 1. The van der Waals surface area contributed by atoms with E-state index in [1.807, 2.05) is 24.2 Å². The van der Waals surface area contributed by atoms with Crippen LogP contribution in [0.15, 0.2) is 12.3 Å². The Labute approximate surface area is 110 Å². The molecule has 0 saturated carbocycles. The van der Waals surface area contributed by atoms with Crippen LogP contribution in [0, 0.1) is 0 Å². The van der Waals surface area contributed by atoms with E-state index in [9.17, 15) is 4.79 Å². The zero-order chi connectivity index (χ0) is 13.7. The smallest absolute Gasteiger partial charge is 0.229 e. The number of nitrogens with zero attached hydrogens (tertiary/aromatic N) is 3. The molecule has 0 spiro atoms. The fourth-order valence-electron chi connectivity index (χ4n) is 2.12. The third-order valence-electron chi connectivity index (χ3n) is 3.52. The Bertz CT molecular complexity index is 376. The van der Waals surface area contributed by atoms with E-state index in [0.717, 1.165) is 18.5 Å². The standard InChI is InChI=1S/C14H25N3O/c1-6-11(3)17(12(4)7-2)14(18)10-13-8-9-16(5)15-13/h8-9,11-12H,6-7,10H2,1-5H3/t11-,12+. The van der Waals surface area contributed by atoms with Crippen molar-refractivity contribution in [3.63, 3.8) is 0 Å². The molecule has 4 heteroatoms. The summed E-state index contributed by atoms with van der Waals surface area (Å²) in [6.45, 7) is 8.47. The molecular formula is C14H25N3O. The molecule has 18 heavy (non-hydrogen) atoms. The zero-order valence-corrected chi connectivity index (χ0v) is 12.2. The predicted molar refractivity (Wildman–Crippen MR) is 73.3 cm³/mol. The van der Waals surface area contributed by atoms with Crippen molar-refractivity contribution in [1.29, 1.82) is 0 Å². The summed E-state index contributed by atoms with van der Waals surface area (Å²) in [4.78, 5) is 14.4. The fourth-order valence-corrected chi connectivity index (χ4v) is 2.12. The van der Waals surface area contributed by atoms with E-state index >= 15 is 0 Å². The number of hydrogen-bond acceptors (Lipinski definition) is 2. The predicted octanol–water partition coefficient (Wildman–Crippen LogP) is 2.39. The summed E-state index contributed by atoms with van der Waals surface area (Å²) < 4.78 is 1.74. The molecule has 102 valence electrons. The number of amides is 1. The molecule has 2 atom stereocenters. The first-order valence-electron chi connectivity index (χ1n) is 6.79. The lowest BCUT2D eigenvalue weighted by molar-refractivity contribution is -0.135. The van der Waals surface area contributed by atoms with Crippen LogP contribution in [-0.4, -0.2) is 32.7 Å². The van der Waals surface area contributed by atoms with Gasteiger partial charge in [0.2, 0.25) is 5.91 Å². The van der Waals surface area contributed by atoms with Gasteiger partial charge in [-0.25, -0.2) is 0 Å². The summed E-state index contributed by atoms with van der Waals surface area (Å²) in [5, 5.41) is 4.27. The van der Waals surface area contributed by atoms with E-state index in [4.69, 9.17) is 0 Å². The molecule has 1 aromatic rings. The van der Waals surface area contributed by atoms with Gasteiger partial charge in [-0.3, -0.25) is 9.48 Å². The van der Waals surface area contributed by atoms with Crippen molar-refractivity contribution in [2.24, 2.45) is 7.05 Å². The maximum Gasteiger partial charge on any atom is 0.229 e. The van der Waals surface area contributed by atoms with Crippen LogP contribution >= 0.6 is 0 Å². The maximum absolute atomic E-state index is 12.4. The van der Waals surface area contributed by atoms with Gasteiger partial charge in [0.25, 0.3) is 0 Å². The van der Waals surface area contributed by atoms with Gasteiger partial charge in [0.05, 0.1) is 12.1 Å².